The monoisotopic (exact) mass is 401 g/mol. The van der Waals surface area contributed by atoms with Gasteiger partial charge < -0.3 is 15.0 Å². The van der Waals surface area contributed by atoms with Gasteiger partial charge in [-0.1, -0.05) is 11.6 Å². The summed E-state index contributed by atoms with van der Waals surface area (Å²) in [5, 5.41) is 3.01. The molecule has 2 fully saturated rings. The Kier molecular flexibility index (Phi) is 6.19. The van der Waals surface area contributed by atoms with Gasteiger partial charge in [-0.2, -0.15) is 4.31 Å². The minimum Gasteiger partial charge on any atom is -0.376 e. The van der Waals surface area contributed by atoms with Gasteiger partial charge in [0.1, 0.15) is 0 Å². The van der Waals surface area contributed by atoms with E-state index >= 15 is 0 Å². The van der Waals surface area contributed by atoms with Gasteiger partial charge in [-0.15, -0.1) is 0 Å². The Morgan fingerprint density at radius 2 is 2.04 bits per heavy atom. The van der Waals surface area contributed by atoms with Gasteiger partial charge in [0.05, 0.1) is 21.6 Å². The van der Waals surface area contributed by atoms with Crippen LogP contribution in [0.1, 0.15) is 23.2 Å². The van der Waals surface area contributed by atoms with Gasteiger partial charge in [0.15, 0.2) is 0 Å². The number of halogens is 1. The predicted molar refractivity (Wildman–Crippen MR) is 99.0 cm³/mol. The third kappa shape index (κ3) is 4.37. The average molecular weight is 402 g/mol. The third-order valence-corrected chi connectivity index (χ3v) is 7.02. The Morgan fingerprint density at radius 3 is 2.69 bits per heavy atom. The van der Waals surface area contributed by atoms with E-state index in [2.05, 4.69) is 10.2 Å². The van der Waals surface area contributed by atoms with Crippen LogP contribution in [0.4, 0.5) is 0 Å². The fraction of sp³-hybridized carbons (Fsp3) is 0.588. The molecule has 0 saturated carbocycles. The van der Waals surface area contributed by atoms with Gasteiger partial charge in [0, 0.05) is 39.3 Å². The van der Waals surface area contributed by atoms with Crippen molar-refractivity contribution < 1.29 is 17.9 Å². The van der Waals surface area contributed by atoms with Crippen LogP contribution in [0.5, 0.6) is 0 Å². The smallest absolute Gasteiger partial charge is 0.252 e. The maximum absolute atomic E-state index is 12.9. The van der Waals surface area contributed by atoms with E-state index in [1.54, 1.807) is 0 Å². The van der Waals surface area contributed by atoms with Crippen LogP contribution in [0.3, 0.4) is 0 Å². The van der Waals surface area contributed by atoms with E-state index in [4.69, 9.17) is 16.3 Å². The Hall–Kier alpha value is -1.19. The van der Waals surface area contributed by atoms with Gasteiger partial charge in [0.25, 0.3) is 5.91 Å². The van der Waals surface area contributed by atoms with Crippen LogP contribution in [-0.4, -0.2) is 76.0 Å². The molecule has 0 aliphatic carbocycles. The van der Waals surface area contributed by atoms with Crippen molar-refractivity contribution in [3.8, 4) is 0 Å². The summed E-state index contributed by atoms with van der Waals surface area (Å²) in [7, 11) is -1.68. The van der Waals surface area contributed by atoms with Crippen molar-refractivity contribution in [1.29, 1.82) is 0 Å². The van der Waals surface area contributed by atoms with Crippen LogP contribution in [0.2, 0.25) is 5.02 Å². The maximum Gasteiger partial charge on any atom is 0.252 e. The Labute approximate surface area is 159 Å². The van der Waals surface area contributed by atoms with Crippen LogP contribution in [0.25, 0.3) is 0 Å². The maximum atomic E-state index is 12.9. The fourth-order valence-electron chi connectivity index (χ4n) is 3.12. The molecule has 0 radical (unpaired) electrons. The summed E-state index contributed by atoms with van der Waals surface area (Å²) in [5.74, 6) is -0.388. The SMILES string of the molecule is CN1CCN(S(=O)(=O)c2ccc(Cl)c(C(=O)NC[C@@H]3CCCO3)c2)CC1. The quantitative estimate of drug-likeness (QED) is 0.801. The minimum atomic E-state index is -3.65. The summed E-state index contributed by atoms with van der Waals surface area (Å²) in [4.78, 5) is 14.6. The van der Waals surface area contributed by atoms with Gasteiger partial charge in [-0.05, 0) is 38.1 Å². The van der Waals surface area contributed by atoms with Crippen molar-refractivity contribution in [2.45, 2.75) is 23.8 Å². The van der Waals surface area contributed by atoms with E-state index in [0.29, 0.717) is 39.3 Å². The number of nitrogens with zero attached hydrogens (tertiary/aromatic N) is 2. The molecule has 0 aromatic heterocycles. The Bertz CT molecular complexity index is 757. The first kappa shape index (κ1) is 19.6. The highest BCUT2D eigenvalue weighted by Crippen LogP contribution is 2.24. The normalized spacial score (nSPS) is 22.5. The number of nitrogens with one attached hydrogen (secondary N) is 1. The van der Waals surface area contributed by atoms with E-state index in [1.165, 1.54) is 22.5 Å². The van der Waals surface area contributed by atoms with Crippen LogP contribution < -0.4 is 5.32 Å². The average Bonchev–Trinajstić information content (AvgIpc) is 3.14. The number of sulfonamides is 1. The van der Waals surface area contributed by atoms with Gasteiger partial charge >= 0.3 is 0 Å². The molecule has 2 heterocycles. The molecule has 1 N–H and O–H groups in total. The molecule has 9 heteroatoms. The van der Waals surface area contributed by atoms with Crippen molar-refractivity contribution in [2.75, 3.05) is 46.4 Å². The second-order valence-corrected chi connectivity index (χ2v) is 9.04. The molecule has 1 aromatic rings. The van der Waals surface area contributed by atoms with Gasteiger partial charge in [-0.3, -0.25) is 4.79 Å². The van der Waals surface area contributed by atoms with E-state index in [-0.39, 0.29) is 27.5 Å². The number of benzene rings is 1. The molecule has 1 amide bonds. The summed E-state index contributed by atoms with van der Waals surface area (Å²) >= 11 is 6.13. The van der Waals surface area contributed by atoms with E-state index in [0.717, 1.165) is 12.8 Å². The molecular weight excluding hydrogens is 378 g/mol. The topological polar surface area (TPSA) is 79.0 Å². The van der Waals surface area contributed by atoms with Crippen molar-refractivity contribution in [1.82, 2.24) is 14.5 Å². The highest BCUT2D eigenvalue weighted by atomic mass is 35.5. The summed E-state index contributed by atoms with van der Waals surface area (Å²) in [6.45, 7) is 3.33. The molecule has 0 bridgehead atoms. The Morgan fingerprint density at radius 1 is 1.31 bits per heavy atom. The summed E-state index contributed by atoms with van der Waals surface area (Å²) < 4.78 is 32.6. The van der Waals surface area contributed by atoms with E-state index in [1.807, 2.05) is 7.05 Å². The van der Waals surface area contributed by atoms with Crippen LogP contribution >= 0.6 is 11.6 Å². The highest BCUT2D eigenvalue weighted by Gasteiger charge is 2.28. The number of ether oxygens (including phenoxy) is 1. The van der Waals surface area contributed by atoms with Crippen LogP contribution in [0, 0.1) is 0 Å². The highest BCUT2D eigenvalue weighted by molar-refractivity contribution is 7.89. The first-order chi connectivity index (χ1) is 12.4. The van der Waals surface area contributed by atoms with Crippen LogP contribution in [0.15, 0.2) is 23.1 Å². The molecule has 26 heavy (non-hydrogen) atoms. The molecule has 0 spiro atoms. The minimum absolute atomic E-state index is 0.00924. The molecule has 0 unspecified atom stereocenters. The lowest BCUT2D eigenvalue weighted by molar-refractivity contribution is 0.0857. The van der Waals surface area contributed by atoms with Crippen molar-refractivity contribution in [3.05, 3.63) is 28.8 Å². The second kappa shape index (κ2) is 8.22. The lowest BCUT2D eigenvalue weighted by Crippen LogP contribution is -2.47. The lowest BCUT2D eigenvalue weighted by Gasteiger charge is -2.31. The number of carbonyl (C=O) groups is 1. The molecule has 144 valence electrons. The molecule has 1 atom stereocenters. The van der Waals surface area contributed by atoms with Gasteiger partial charge in [-0.25, -0.2) is 8.42 Å². The summed E-state index contributed by atoms with van der Waals surface area (Å²) in [6, 6.07) is 4.28. The third-order valence-electron chi connectivity index (χ3n) is 4.80. The lowest BCUT2D eigenvalue weighted by atomic mass is 10.2. The van der Waals surface area contributed by atoms with Crippen molar-refractivity contribution in [2.24, 2.45) is 0 Å². The number of amides is 1. The Balaban J connectivity index is 1.74. The second-order valence-electron chi connectivity index (χ2n) is 6.69. The molecule has 7 nitrogen and oxygen atoms in total. The molecule has 1 aromatic carbocycles. The number of piperazine rings is 1. The molecule has 2 aliphatic rings. The number of carbonyl (C=O) groups excluding carboxylic acids is 1. The molecule has 2 saturated heterocycles. The first-order valence-electron chi connectivity index (χ1n) is 8.76. The number of hydrogen-bond acceptors (Lipinski definition) is 5. The van der Waals surface area contributed by atoms with Crippen molar-refractivity contribution >= 4 is 27.5 Å². The standard InChI is InChI=1S/C17H24ClN3O4S/c1-20-6-8-21(9-7-20)26(23,24)14-4-5-16(18)15(11-14)17(22)19-12-13-3-2-10-25-13/h4-5,11,13H,2-3,6-10,12H2,1H3,(H,19,22)/t13-/m0/s1. The predicted octanol–water partition coefficient (Wildman–Crippen LogP) is 1.18. The summed E-state index contributed by atoms with van der Waals surface area (Å²) in [5.41, 5.74) is 0.167. The fourth-order valence-corrected chi connectivity index (χ4v) is 4.78. The van der Waals surface area contributed by atoms with Crippen LogP contribution in [-0.2, 0) is 14.8 Å². The van der Waals surface area contributed by atoms with E-state index in [9.17, 15) is 13.2 Å². The largest absolute Gasteiger partial charge is 0.376 e. The van der Waals surface area contributed by atoms with Gasteiger partial charge in [0.2, 0.25) is 10.0 Å². The van der Waals surface area contributed by atoms with Crippen molar-refractivity contribution in [3.63, 3.8) is 0 Å². The zero-order chi connectivity index (χ0) is 18.7. The number of likely N-dealkylation sites (N-methyl/N-ethyl adjacent to an activating group) is 1. The molecular formula is C17H24ClN3O4S. The molecule has 3 rings (SSSR count). The summed E-state index contributed by atoms with van der Waals surface area (Å²) in [6.07, 6.45) is 1.90. The zero-order valence-electron chi connectivity index (χ0n) is 14.8. The first-order valence-corrected chi connectivity index (χ1v) is 10.6. The number of rotatable bonds is 5. The molecule has 2 aliphatic heterocycles. The number of hydrogen-bond donors (Lipinski definition) is 1. The van der Waals surface area contributed by atoms with E-state index < -0.39 is 10.0 Å². The zero-order valence-corrected chi connectivity index (χ0v) is 16.4.